The van der Waals surface area contributed by atoms with Crippen molar-refractivity contribution in [3.8, 4) is 0 Å². The summed E-state index contributed by atoms with van der Waals surface area (Å²) in [5.41, 5.74) is 1.03. The number of pyridine rings is 1. The fraction of sp³-hybridized carbons (Fsp3) is 0.143. The number of carboxylic acid groups (broad SMARTS) is 1. The molecule has 1 heterocycles. The van der Waals surface area contributed by atoms with E-state index in [1.165, 1.54) is 0 Å². The highest BCUT2D eigenvalue weighted by Gasteiger charge is 2.00. The molecule has 0 aromatic carbocycles. The minimum Gasteiger partial charge on any atom is -0.465 e. The molecular weight excluding hydrogens is 271 g/mol. The van der Waals surface area contributed by atoms with Crippen LogP contribution in [0.4, 0.5) is 10.6 Å². The summed E-state index contributed by atoms with van der Waals surface area (Å²) in [5.74, 6) is 0.359. The number of nitrogens with one attached hydrogen (secondary N) is 1. The zero-order valence-electron chi connectivity index (χ0n) is 6.34. The third-order valence-electron chi connectivity index (χ3n) is 1.27. The second-order valence-corrected chi connectivity index (χ2v) is 3.41. The summed E-state index contributed by atoms with van der Waals surface area (Å²) in [6.45, 7) is 1.92. The molecule has 2 N–H and O–H groups in total. The molecule has 1 amide bonds. The molecule has 0 saturated carbocycles. The summed E-state index contributed by atoms with van der Waals surface area (Å²) >= 11 is 2.12. The summed E-state index contributed by atoms with van der Waals surface area (Å²) in [4.78, 5) is 14.1. The van der Waals surface area contributed by atoms with Crippen molar-refractivity contribution in [2.75, 3.05) is 5.32 Å². The smallest absolute Gasteiger partial charge is 0.410 e. The molecule has 1 rings (SSSR count). The van der Waals surface area contributed by atoms with Crippen LogP contribution in [0.25, 0.3) is 0 Å². The van der Waals surface area contributed by atoms with E-state index < -0.39 is 6.09 Å². The highest BCUT2D eigenvalue weighted by molar-refractivity contribution is 14.1. The van der Waals surface area contributed by atoms with E-state index in [9.17, 15) is 4.79 Å². The number of halogens is 1. The van der Waals surface area contributed by atoms with Crippen LogP contribution in [0.15, 0.2) is 12.3 Å². The molecule has 0 atom stereocenters. The monoisotopic (exact) mass is 278 g/mol. The summed E-state index contributed by atoms with van der Waals surface area (Å²) in [6, 6.07) is 1.68. The lowest BCUT2D eigenvalue weighted by atomic mass is 10.3. The van der Waals surface area contributed by atoms with Crippen LogP contribution in [0.2, 0.25) is 0 Å². The van der Waals surface area contributed by atoms with Gasteiger partial charge in [0.2, 0.25) is 0 Å². The summed E-state index contributed by atoms with van der Waals surface area (Å²) in [6.07, 6.45) is 0.537. The first kappa shape index (κ1) is 9.24. The zero-order valence-corrected chi connectivity index (χ0v) is 8.49. The van der Waals surface area contributed by atoms with Gasteiger partial charge in [0, 0.05) is 9.77 Å². The Bertz CT molecular complexity index is 314. The van der Waals surface area contributed by atoms with Crippen molar-refractivity contribution < 1.29 is 9.90 Å². The fourth-order valence-electron chi connectivity index (χ4n) is 0.677. The Morgan fingerprint density at radius 2 is 2.42 bits per heavy atom. The number of hydrogen-bond donors (Lipinski definition) is 2. The average Bonchev–Trinajstić information content (AvgIpc) is 1.96. The van der Waals surface area contributed by atoms with Crippen molar-refractivity contribution in [3.63, 3.8) is 0 Å². The molecule has 0 saturated heterocycles. The molecule has 0 spiro atoms. The number of aryl methyl sites for hydroxylation is 1. The predicted molar refractivity (Wildman–Crippen MR) is 53.3 cm³/mol. The molecule has 0 radical (unpaired) electrons. The molecule has 12 heavy (non-hydrogen) atoms. The molecule has 64 valence electrons. The molecule has 0 unspecified atom stereocenters. The van der Waals surface area contributed by atoms with Gasteiger partial charge >= 0.3 is 6.09 Å². The Kier molecular flexibility index (Phi) is 2.85. The van der Waals surface area contributed by atoms with E-state index in [1.54, 1.807) is 12.3 Å². The van der Waals surface area contributed by atoms with Crippen molar-refractivity contribution in [1.82, 2.24) is 4.98 Å². The molecule has 1 aromatic rings. The lowest BCUT2D eigenvalue weighted by molar-refractivity contribution is 0.209. The number of nitrogens with zero attached hydrogens (tertiary/aromatic N) is 1. The van der Waals surface area contributed by atoms with Crippen LogP contribution < -0.4 is 5.32 Å². The van der Waals surface area contributed by atoms with Gasteiger partial charge in [0.15, 0.2) is 0 Å². The quantitative estimate of drug-likeness (QED) is 0.773. The van der Waals surface area contributed by atoms with E-state index in [0.717, 1.165) is 9.13 Å². The zero-order chi connectivity index (χ0) is 9.14. The normalized spacial score (nSPS) is 9.50. The van der Waals surface area contributed by atoms with Gasteiger partial charge in [0.1, 0.15) is 5.82 Å². The first-order valence-electron chi connectivity index (χ1n) is 3.21. The van der Waals surface area contributed by atoms with E-state index in [0.29, 0.717) is 5.82 Å². The largest absolute Gasteiger partial charge is 0.465 e. The fourth-order valence-corrected chi connectivity index (χ4v) is 1.11. The second-order valence-electron chi connectivity index (χ2n) is 2.25. The highest BCUT2D eigenvalue weighted by Crippen LogP contribution is 2.13. The first-order chi connectivity index (χ1) is 5.59. The van der Waals surface area contributed by atoms with Crippen LogP contribution in [0.5, 0.6) is 0 Å². The van der Waals surface area contributed by atoms with Crippen molar-refractivity contribution in [3.05, 3.63) is 21.4 Å². The Morgan fingerprint density at radius 1 is 1.75 bits per heavy atom. The Hall–Kier alpha value is -0.850. The van der Waals surface area contributed by atoms with Gasteiger partial charge in [-0.1, -0.05) is 0 Å². The molecule has 5 heteroatoms. The van der Waals surface area contributed by atoms with Crippen LogP contribution in [-0.2, 0) is 0 Å². The Morgan fingerprint density at radius 3 is 2.92 bits per heavy atom. The highest BCUT2D eigenvalue weighted by atomic mass is 127. The SMILES string of the molecule is Cc1cnc(NC(=O)O)cc1I. The number of anilines is 1. The summed E-state index contributed by atoms with van der Waals surface area (Å²) in [5, 5.41) is 10.5. The average molecular weight is 278 g/mol. The van der Waals surface area contributed by atoms with Gasteiger partial charge in [0.05, 0.1) is 0 Å². The van der Waals surface area contributed by atoms with E-state index in [1.807, 2.05) is 6.92 Å². The van der Waals surface area contributed by atoms with Gasteiger partial charge in [-0.3, -0.25) is 5.32 Å². The predicted octanol–water partition coefficient (Wildman–Crippen LogP) is 2.08. The number of amides is 1. The van der Waals surface area contributed by atoms with Gasteiger partial charge in [-0.05, 0) is 41.1 Å². The summed E-state index contributed by atoms with van der Waals surface area (Å²) in [7, 11) is 0. The number of hydrogen-bond acceptors (Lipinski definition) is 2. The van der Waals surface area contributed by atoms with Crippen LogP contribution in [0, 0.1) is 10.5 Å². The van der Waals surface area contributed by atoms with E-state index in [4.69, 9.17) is 5.11 Å². The Labute approximate surface area is 83.1 Å². The van der Waals surface area contributed by atoms with Crippen molar-refractivity contribution in [1.29, 1.82) is 0 Å². The lowest BCUT2D eigenvalue weighted by Gasteiger charge is -2.01. The third-order valence-corrected chi connectivity index (χ3v) is 2.43. The maximum absolute atomic E-state index is 10.2. The molecule has 0 bridgehead atoms. The maximum atomic E-state index is 10.2. The second kappa shape index (κ2) is 3.70. The van der Waals surface area contributed by atoms with Crippen molar-refractivity contribution >= 4 is 34.5 Å². The van der Waals surface area contributed by atoms with E-state index in [2.05, 4.69) is 32.9 Å². The summed E-state index contributed by atoms with van der Waals surface area (Å²) < 4.78 is 0.992. The molecule has 4 nitrogen and oxygen atoms in total. The van der Waals surface area contributed by atoms with Gasteiger partial charge in [-0.25, -0.2) is 9.78 Å². The van der Waals surface area contributed by atoms with Gasteiger partial charge in [0.25, 0.3) is 0 Å². The molecular formula is C7H7IN2O2. The molecule has 0 aliphatic rings. The molecule has 1 aromatic heterocycles. The number of aromatic nitrogens is 1. The standard InChI is InChI=1S/C7H7IN2O2/c1-4-3-9-6(2-5(4)8)10-7(11)12/h2-3H,1H3,(H,9,10)(H,11,12). The number of rotatable bonds is 1. The van der Waals surface area contributed by atoms with Crippen LogP contribution in [0.1, 0.15) is 5.56 Å². The van der Waals surface area contributed by atoms with Gasteiger partial charge in [-0.15, -0.1) is 0 Å². The van der Waals surface area contributed by atoms with Gasteiger partial charge < -0.3 is 5.11 Å². The van der Waals surface area contributed by atoms with Crippen LogP contribution in [0.3, 0.4) is 0 Å². The third kappa shape index (κ3) is 2.33. The van der Waals surface area contributed by atoms with E-state index >= 15 is 0 Å². The van der Waals surface area contributed by atoms with E-state index in [-0.39, 0.29) is 0 Å². The topological polar surface area (TPSA) is 62.2 Å². The first-order valence-corrected chi connectivity index (χ1v) is 4.29. The maximum Gasteiger partial charge on any atom is 0.410 e. The van der Waals surface area contributed by atoms with Crippen molar-refractivity contribution in [2.24, 2.45) is 0 Å². The minimum atomic E-state index is -1.10. The molecule has 0 aliphatic heterocycles. The van der Waals surface area contributed by atoms with Crippen molar-refractivity contribution in [2.45, 2.75) is 6.92 Å². The molecule has 0 aliphatic carbocycles. The molecule has 0 fully saturated rings. The number of carbonyl (C=O) groups is 1. The van der Waals surface area contributed by atoms with Crippen LogP contribution >= 0.6 is 22.6 Å². The van der Waals surface area contributed by atoms with Gasteiger partial charge in [-0.2, -0.15) is 0 Å². The lowest BCUT2D eigenvalue weighted by Crippen LogP contribution is -2.08. The minimum absolute atomic E-state index is 0.359. The van der Waals surface area contributed by atoms with Crippen LogP contribution in [-0.4, -0.2) is 16.2 Å². The Balaban J connectivity index is 2.89.